The third kappa shape index (κ3) is 4.39. The van der Waals surface area contributed by atoms with Crippen LogP contribution in [0.25, 0.3) is 11.3 Å². The lowest BCUT2D eigenvalue weighted by Crippen LogP contribution is -2.48. The van der Waals surface area contributed by atoms with Crippen LogP contribution >= 0.6 is 11.3 Å². The molecule has 140 valence electrons. The second-order valence-electron chi connectivity index (χ2n) is 6.35. The lowest BCUT2D eigenvalue weighted by molar-refractivity contribution is 0.236. The molecule has 3 rings (SSSR count). The second-order valence-corrected chi connectivity index (χ2v) is 9.75. The fourth-order valence-electron chi connectivity index (χ4n) is 2.83. The van der Waals surface area contributed by atoms with Gasteiger partial charge >= 0.3 is 6.03 Å². The van der Waals surface area contributed by atoms with Gasteiger partial charge in [0.15, 0.2) is 9.84 Å². The van der Waals surface area contributed by atoms with Crippen LogP contribution in [-0.4, -0.2) is 36.5 Å². The number of thiazole rings is 1. The summed E-state index contributed by atoms with van der Waals surface area (Å²) in [6.07, 6.45) is 1.19. The zero-order valence-corrected chi connectivity index (χ0v) is 15.9. The summed E-state index contributed by atoms with van der Waals surface area (Å²) in [7, 11) is -3.14. The Kier molecular flexibility index (Phi) is 5.57. The molecule has 9 heteroatoms. The van der Waals surface area contributed by atoms with E-state index in [1.165, 1.54) is 17.4 Å². The van der Waals surface area contributed by atoms with Crippen LogP contribution in [-0.2, 0) is 16.4 Å². The maximum absolute atomic E-state index is 13.8. The highest BCUT2D eigenvalue weighted by molar-refractivity contribution is 7.92. The van der Waals surface area contributed by atoms with E-state index in [1.807, 2.05) is 0 Å². The van der Waals surface area contributed by atoms with E-state index in [9.17, 15) is 17.6 Å². The number of benzene rings is 1. The van der Waals surface area contributed by atoms with Gasteiger partial charge in [-0.2, -0.15) is 0 Å². The predicted octanol–water partition coefficient (Wildman–Crippen LogP) is 2.71. The number of nitrogens with one attached hydrogen (secondary N) is 2. The molecule has 2 atom stereocenters. The van der Waals surface area contributed by atoms with E-state index in [0.29, 0.717) is 29.1 Å². The molecule has 26 heavy (non-hydrogen) atoms. The Morgan fingerprint density at radius 1 is 1.35 bits per heavy atom. The van der Waals surface area contributed by atoms with Gasteiger partial charge in [-0.3, -0.25) is 0 Å². The number of carbonyl (C=O) groups is 1. The smallest absolute Gasteiger partial charge is 0.315 e. The van der Waals surface area contributed by atoms with E-state index in [2.05, 4.69) is 15.6 Å². The van der Waals surface area contributed by atoms with Gasteiger partial charge in [0.05, 0.1) is 23.2 Å². The van der Waals surface area contributed by atoms with E-state index in [4.69, 9.17) is 0 Å². The molecule has 1 fully saturated rings. The van der Waals surface area contributed by atoms with Crippen molar-refractivity contribution in [2.24, 2.45) is 0 Å². The molecule has 2 heterocycles. The molecule has 2 aromatic rings. The zero-order chi connectivity index (χ0) is 18.7. The highest BCUT2D eigenvalue weighted by Gasteiger charge is 2.31. The highest BCUT2D eigenvalue weighted by atomic mass is 32.2. The first-order valence-electron chi connectivity index (χ1n) is 8.30. The molecule has 6 nitrogen and oxygen atoms in total. The van der Waals surface area contributed by atoms with Crippen molar-refractivity contribution in [3.63, 3.8) is 0 Å². The molecule has 1 aliphatic rings. The van der Waals surface area contributed by atoms with Gasteiger partial charge in [0.2, 0.25) is 0 Å². The van der Waals surface area contributed by atoms with Gasteiger partial charge in [0.25, 0.3) is 0 Å². The Morgan fingerprint density at radius 3 is 2.85 bits per heavy atom. The van der Waals surface area contributed by atoms with Gasteiger partial charge in [0.1, 0.15) is 10.8 Å². The summed E-state index contributed by atoms with van der Waals surface area (Å²) in [6, 6.07) is 5.58. The van der Waals surface area contributed by atoms with Crippen LogP contribution in [0.1, 0.15) is 24.8 Å². The molecule has 1 aromatic carbocycles. The summed E-state index contributed by atoms with van der Waals surface area (Å²) in [5.41, 5.74) is 0.943. The molecule has 2 unspecified atom stereocenters. The van der Waals surface area contributed by atoms with Crippen molar-refractivity contribution in [1.82, 2.24) is 15.6 Å². The molecule has 1 aromatic heterocycles. The first kappa shape index (κ1) is 18.8. The standard InChI is InChI=1S/C17H20FN3O3S2/c1-11-6-7-12(10-26(11,23)24)20-17(22)19-8-16-21-15(9-25-16)13-4-2-3-5-14(13)18/h2-5,9,11-12H,6-8,10H2,1H3,(H2,19,20,22). The SMILES string of the molecule is CC1CCC(NC(=O)NCc2nc(-c3ccccc3F)cs2)CS1(=O)=O. The maximum Gasteiger partial charge on any atom is 0.315 e. The van der Waals surface area contributed by atoms with E-state index in [1.54, 1.807) is 30.5 Å². The van der Waals surface area contributed by atoms with Gasteiger partial charge in [-0.15, -0.1) is 11.3 Å². The number of aromatic nitrogens is 1. The molecule has 0 spiro atoms. The predicted molar refractivity (Wildman–Crippen MR) is 99.2 cm³/mol. The van der Waals surface area contributed by atoms with Crippen molar-refractivity contribution in [1.29, 1.82) is 0 Å². The van der Waals surface area contributed by atoms with Crippen molar-refractivity contribution in [3.8, 4) is 11.3 Å². The first-order chi connectivity index (χ1) is 12.3. The number of halogens is 1. The van der Waals surface area contributed by atoms with Crippen molar-refractivity contribution in [3.05, 3.63) is 40.5 Å². The molecule has 1 saturated heterocycles. The van der Waals surface area contributed by atoms with Gasteiger partial charge in [-0.25, -0.2) is 22.6 Å². The Morgan fingerprint density at radius 2 is 2.12 bits per heavy atom. The summed E-state index contributed by atoms with van der Waals surface area (Å²) < 4.78 is 37.6. The van der Waals surface area contributed by atoms with Gasteiger partial charge < -0.3 is 10.6 Å². The minimum atomic E-state index is -3.14. The molecule has 2 amide bonds. The molecule has 1 aliphatic heterocycles. The molecule has 0 saturated carbocycles. The number of nitrogens with zero attached hydrogens (tertiary/aromatic N) is 1. The summed E-state index contributed by atoms with van der Waals surface area (Å²) in [6.45, 7) is 1.89. The van der Waals surface area contributed by atoms with Crippen molar-refractivity contribution >= 4 is 27.2 Å². The van der Waals surface area contributed by atoms with Crippen LogP contribution in [0.5, 0.6) is 0 Å². The normalized spacial score (nSPS) is 21.9. The van der Waals surface area contributed by atoms with E-state index in [-0.39, 0.29) is 29.4 Å². The average molecular weight is 397 g/mol. The van der Waals surface area contributed by atoms with Crippen LogP contribution in [0.2, 0.25) is 0 Å². The number of sulfone groups is 1. The molecular weight excluding hydrogens is 377 g/mol. The van der Waals surface area contributed by atoms with Crippen LogP contribution in [0.4, 0.5) is 9.18 Å². The number of urea groups is 1. The molecule has 0 bridgehead atoms. The number of hydrogen-bond acceptors (Lipinski definition) is 5. The largest absolute Gasteiger partial charge is 0.334 e. The van der Waals surface area contributed by atoms with Gasteiger partial charge in [0, 0.05) is 17.0 Å². The fourth-order valence-corrected chi connectivity index (χ4v) is 5.20. The average Bonchev–Trinajstić information content (AvgIpc) is 3.05. The Hall–Kier alpha value is -2.00. The monoisotopic (exact) mass is 397 g/mol. The number of carbonyl (C=O) groups excluding carboxylic acids is 1. The fraction of sp³-hybridized carbons (Fsp3) is 0.412. The van der Waals surface area contributed by atoms with E-state index in [0.717, 1.165) is 0 Å². The van der Waals surface area contributed by atoms with Crippen LogP contribution in [0.3, 0.4) is 0 Å². The lowest BCUT2D eigenvalue weighted by Gasteiger charge is -2.27. The summed E-state index contributed by atoms with van der Waals surface area (Å²) in [5, 5.41) is 7.40. The minimum absolute atomic E-state index is 0.0315. The zero-order valence-electron chi connectivity index (χ0n) is 14.2. The third-order valence-electron chi connectivity index (χ3n) is 4.41. The topological polar surface area (TPSA) is 88.2 Å². The van der Waals surface area contributed by atoms with Gasteiger partial charge in [-0.1, -0.05) is 12.1 Å². The maximum atomic E-state index is 13.8. The lowest BCUT2D eigenvalue weighted by atomic mass is 10.1. The van der Waals surface area contributed by atoms with Crippen LogP contribution in [0, 0.1) is 5.82 Å². The van der Waals surface area contributed by atoms with Crippen LogP contribution in [0.15, 0.2) is 29.6 Å². The number of rotatable bonds is 4. The molecule has 2 N–H and O–H groups in total. The number of amides is 2. The number of hydrogen-bond donors (Lipinski definition) is 2. The van der Waals surface area contributed by atoms with E-state index >= 15 is 0 Å². The third-order valence-corrected chi connectivity index (χ3v) is 7.58. The molecule has 0 radical (unpaired) electrons. The quantitative estimate of drug-likeness (QED) is 0.830. The Bertz CT molecular complexity index is 898. The Balaban J connectivity index is 1.53. The van der Waals surface area contributed by atoms with Crippen molar-refractivity contribution < 1.29 is 17.6 Å². The van der Waals surface area contributed by atoms with E-state index < -0.39 is 15.9 Å². The summed E-state index contributed by atoms with van der Waals surface area (Å²) in [4.78, 5) is 16.3. The van der Waals surface area contributed by atoms with Gasteiger partial charge in [-0.05, 0) is 31.9 Å². The summed E-state index contributed by atoms with van der Waals surface area (Å²) in [5.74, 6) is -0.376. The second kappa shape index (κ2) is 7.71. The molecule has 0 aliphatic carbocycles. The first-order valence-corrected chi connectivity index (χ1v) is 10.9. The highest BCUT2D eigenvalue weighted by Crippen LogP contribution is 2.24. The van der Waals surface area contributed by atoms with Crippen LogP contribution < -0.4 is 10.6 Å². The van der Waals surface area contributed by atoms with Crippen molar-refractivity contribution in [2.75, 3.05) is 5.75 Å². The molecular formula is C17H20FN3O3S2. The Labute approximate surface area is 155 Å². The van der Waals surface area contributed by atoms with Crippen molar-refractivity contribution in [2.45, 2.75) is 37.6 Å². The summed E-state index contributed by atoms with van der Waals surface area (Å²) >= 11 is 1.33. The minimum Gasteiger partial charge on any atom is -0.334 e.